The Hall–Kier alpha value is -1.85. The molecule has 0 radical (unpaired) electrons. The summed E-state index contributed by atoms with van der Waals surface area (Å²) in [6, 6.07) is 12.8. The maximum absolute atomic E-state index is 12.4. The third-order valence-corrected chi connectivity index (χ3v) is 3.69. The van der Waals surface area contributed by atoms with Crippen LogP contribution in [0.4, 0.5) is 5.69 Å². The van der Waals surface area contributed by atoms with Gasteiger partial charge in [0.15, 0.2) is 0 Å². The van der Waals surface area contributed by atoms with Gasteiger partial charge in [-0.1, -0.05) is 22.0 Å². The van der Waals surface area contributed by atoms with Crippen LogP contribution in [0.2, 0.25) is 0 Å². The van der Waals surface area contributed by atoms with Gasteiger partial charge in [0.25, 0.3) is 5.91 Å². The minimum atomic E-state index is -0.170. The van der Waals surface area contributed by atoms with Crippen LogP contribution in [0.1, 0.15) is 29.8 Å². The second-order valence-electron chi connectivity index (χ2n) is 5.35. The topological polar surface area (TPSA) is 47.6 Å². The Morgan fingerprint density at radius 2 is 2.00 bits per heavy atom. The molecule has 0 aliphatic rings. The van der Waals surface area contributed by atoms with E-state index in [9.17, 15) is 4.79 Å². The number of hydrogen-bond donors (Lipinski definition) is 1. The Kier molecular flexibility index (Phi) is 6.19. The highest BCUT2D eigenvalue weighted by Crippen LogP contribution is 2.22. The normalized spacial score (nSPS) is 10.7. The van der Waals surface area contributed by atoms with E-state index in [4.69, 9.17) is 9.47 Å². The average Bonchev–Trinajstić information content (AvgIpc) is 2.52. The standard InChI is InChI=1S/C18H20BrNO3/c1-12(2)23-11-14-9-13(7-8-17(14)22-3)18(21)20-16-6-4-5-15(19)10-16/h4-10,12H,11H2,1-3H3,(H,20,21). The van der Waals surface area contributed by atoms with E-state index in [2.05, 4.69) is 21.2 Å². The molecule has 0 saturated heterocycles. The quantitative estimate of drug-likeness (QED) is 0.797. The summed E-state index contributed by atoms with van der Waals surface area (Å²) in [6.07, 6.45) is 0.110. The summed E-state index contributed by atoms with van der Waals surface area (Å²) in [6.45, 7) is 4.34. The first-order valence-corrected chi connectivity index (χ1v) is 8.14. The molecule has 2 rings (SSSR count). The zero-order valence-corrected chi connectivity index (χ0v) is 15.0. The highest BCUT2D eigenvalue weighted by atomic mass is 79.9. The SMILES string of the molecule is COc1ccc(C(=O)Nc2cccc(Br)c2)cc1COC(C)C. The van der Waals surface area contributed by atoms with Crippen LogP contribution in [0.3, 0.4) is 0 Å². The number of benzene rings is 2. The smallest absolute Gasteiger partial charge is 0.255 e. The molecule has 23 heavy (non-hydrogen) atoms. The Bertz CT molecular complexity index is 686. The minimum Gasteiger partial charge on any atom is -0.496 e. The number of amides is 1. The van der Waals surface area contributed by atoms with E-state index < -0.39 is 0 Å². The molecule has 0 aliphatic carbocycles. The molecule has 0 saturated carbocycles. The van der Waals surface area contributed by atoms with Gasteiger partial charge in [0, 0.05) is 21.3 Å². The molecule has 2 aromatic carbocycles. The van der Waals surface area contributed by atoms with Gasteiger partial charge >= 0.3 is 0 Å². The van der Waals surface area contributed by atoms with Gasteiger partial charge in [0.05, 0.1) is 19.8 Å². The van der Waals surface area contributed by atoms with Crippen LogP contribution in [0.15, 0.2) is 46.9 Å². The van der Waals surface area contributed by atoms with Crippen molar-refractivity contribution in [2.24, 2.45) is 0 Å². The molecule has 1 N–H and O–H groups in total. The number of halogens is 1. The first-order chi connectivity index (χ1) is 11.0. The third kappa shape index (κ3) is 5.08. The number of anilines is 1. The van der Waals surface area contributed by atoms with E-state index in [-0.39, 0.29) is 12.0 Å². The lowest BCUT2D eigenvalue weighted by Crippen LogP contribution is -2.13. The van der Waals surface area contributed by atoms with Crippen LogP contribution < -0.4 is 10.1 Å². The molecular weight excluding hydrogens is 358 g/mol. The van der Waals surface area contributed by atoms with Gasteiger partial charge in [-0.25, -0.2) is 0 Å². The predicted molar refractivity (Wildman–Crippen MR) is 95.0 cm³/mol. The number of rotatable bonds is 6. The summed E-state index contributed by atoms with van der Waals surface area (Å²) in [5.41, 5.74) is 2.15. The molecule has 0 aliphatic heterocycles. The molecule has 0 fully saturated rings. The molecule has 5 heteroatoms. The lowest BCUT2D eigenvalue weighted by atomic mass is 10.1. The number of carbonyl (C=O) groups is 1. The maximum Gasteiger partial charge on any atom is 0.255 e. The van der Waals surface area contributed by atoms with Gasteiger partial charge in [-0.15, -0.1) is 0 Å². The third-order valence-electron chi connectivity index (χ3n) is 3.20. The molecule has 0 atom stereocenters. The molecule has 122 valence electrons. The first-order valence-electron chi connectivity index (χ1n) is 7.35. The molecular formula is C18H20BrNO3. The molecule has 1 amide bonds. The molecule has 0 bridgehead atoms. The lowest BCUT2D eigenvalue weighted by Gasteiger charge is -2.13. The van der Waals surface area contributed by atoms with Crippen molar-refractivity contribution >= 4 is 27.5 Å². The van der Waals surface area contributed by atoms with Gasteiger partial charge in [-0.3, -0.25) is 4.79 Å². The fourth-order valence-electron chi connectivity index (χ4n) is 2.06. The fourth-order valence-corrected chi connectivity index (χ4v) is 2.46. The van der Waals surface area contributed by atoms with Crippen molar-refractivity contribution in [1.29, 1.82) is 0 Å². The number of carbonyl (C=O) groups excluding carboxylic acids is 1. The molecule has 0 spiro atoms. The largest absolute Gasteiger partial charge is 0.496 e. The van der Waals surface area contributed by atoms with Gasteiger partial charge in [0.1, 0.15) is 5.75 Å². The van der Waals surface area contributed by atoms with E-state index in [0.717, 1.165) is 15.7 Å². The lowest BCUT2D eigenvalue weighted by molar-refractivity contribution is 0.0644. The first kappa shape index (κ1) is 17.5. The van der Waals surface area contributed by atoms with Crippen molar-refractivity contribution in [3.8, 4) is 5.75 Å². The van der Waals surface area contributed by atoms with Gasteiger partial charge < -0.3 is 14.8 Å². The van der Waals surface area contributed by atoms with Crippen molar-refractivity contribution in [2.75, 3.05) is 12.4 Å². The molecule has 0 heterocycles. The summed E-state index contributed by atoms with van der Waals surface area (Å²) >= 11 is 3.39. The van der Waals surface area contributed by atoms with Crippen LogP contribution in [-0.2, 0) is 11.3 Å². The Labute approximate surface area is 144 Å². The predicted octanol–water partition coefficient (Wildman–Crippen LogP) is 4.64. The van der Waals surface area contributed by atoms with Crippen LogP contribution >= 0.6 is 15.9 Å². The summed E-state index contributed by atoms with van der Waals surface area (Å²) in [4.78, 5) is 12.4. The summed E-state index contributed by atoms with van der Waals surface area (Å²) < 4.78 is 11.9. The average molecular weight is 378 g/mol. The number of methoxy groups -OCH3 is 1. The van der Waals surface area contributed by atoms with E-state index in [1.165, 1.54) is 0 Å². The minimum absolute atomic E-state index is 0.110. The highest BCUT2D eigenvalue weighted by Gasteiger charge is 2.11. The van der Waals surface area contributed by atoms with Crippen LogP contribution in [0.5, 0.6) is 5.75 Å². The number of hydrogen-bond acceptors (Lipinski definition) is 3. The van der Waals surface area contributed by atoms with Crippen molar-refractivity contribution < 1.29 is 14.3 Å². The van der Waals surface area contributed by atoms with Crippen LogP contribution in [0.25, 0.3) is 0 Å². The van der Waals surface area contributed by atoms with Crippen molar-refractivity contribution in [3.05, 3.63) is 58.1 Å². The second-order valence-corrected chi connectivity index (χ2v) is 6.27. The molecule has 4 nitrogen and oxygen atoms in total. The van der Waals surface area contributed by atoms with Crippen LogP contribution in [-0.4, -0.2) is 19.1 Å². The number of ether oxygens (including phenoxy) is 2. The van der Waals surface area contributed by atoms with E-state index >= 15 is 0 Å². The molecule has 2 aromatic rings. The second kappa shape index (κ2) is 8.13. The zero-order chi connectivity index (χ0) is 16.8. The van der Waals surface area contributed by atoms with Crippen molar-refractivity contribution in [2.45, 2.75) is 26.6 Å². The molecule has 0 aromatic heterocycles. The summed E-state index contributed by atoms with van der Waals surface area (Å²) in [7, 11) is 1.61. The Morgan fingerprint density at radius 3 is 2.65 bits per heavy atom. The fraction of sp³-hybridized carbons (Fsp3) is 0.278. The van der Waals surface area contributed by atoms with Gasteiger partial charge in [0.2, 0.25) is 0 Å². The monoisotopic (exact) mass is 377 g/mol. The Balaban J connectivity index is 2.18. The summed E-state index contributed by atoms with van der Waals surface area (Å²) in [5, 5.41) is 2.88. The maximum atomic E-state index is 12.4. The zero-order valence-electron chi connectivity index (χ0n) is 13.4. The Morgan fingerprint density at radius 1 is 1.22 bits per heavy atom. The molecule has 0 unspecified atom stereocenters. The van der Waals surface area contributed by atoms with Crippen LogP contribution in [0, 0.1) is 0 Å². The van der Waals surface area contributed by atoms with Crippen molar-refractivity contribution in [3.63, 3.8) is 0 Å². The summed E-state index contributed by atoms with van der Waals surface area (Å²) in [5.74, 6) is 0.543. The van der Waals surface area contributed by atoms with Gasteiger partial charge in [-0.05, 0) is 50.2 Å². The van der Waals surface area contributed by atoms with E-state index in [0.29, 0.717) is 17.9 Å². The number of nitrogens with one attached hydrogen (secondary N) is 1. The van der Waals surface area contributed by atoms with Crippen molar-refractivity contribution in [1.82, 2.24) is 0 Å². The van der Waals surface area contributed by atoms with Gasteiger partial charge in [-0.2, -0.15) is 0 Å². The highest BCUT2D eigenvalue weighted by molar-refractivity contribution is 9.10. The van der Waals surface area contributed by atoms with E-state index in [1.54, 1.807) is 25.3 Å². The van der Waals surface area contributed by atoms with E-state index in [1.807, 2.05) is 38.1 Å².